The van der Waals surface area contributed by atoms with Crippen LogP contribution in [0.2, 0.25) is 0 Å². The van der Waals surface area contributed by atoms with E-state index in [0.29, 0.717) is 13.0 Å². The van der Waals surface area contributed by atoms with Gasteiger partial charge in [-0.05, 0) is 19.4 Å². The molecule has 0 bridgehead atoms. The molecular weight excluding hydrogens is 154 g/mol. The summed E-state index contributed by atoms with van der Waals surface area (Å²) in [6, 6.07) is -0.305. The lowest BCUT2D eigenvalue weighted by Crippen LogP contribution is -2.39. The second-order valence-corrected chi connectivity index (χ2v) is 2.44. The van der Waals surface area contributed by atoms with Crippen LogP contribution in [-0.2, 0) is 9.59 Å². The summed E-state index contributed by atoms with van der Waals surface area (Å²) in [5.74, 6) is -0.184. The zero-order valence-corrected chi connectivity index (χ0v) is 7.62. The van der Waals surface area contributed by atoms with Gasteiger partial charge in [0.1, 0.15) is 6.29 Å². The molecule has 0 spiro atoms. The second kappa shape index (κ2) is 5.52. The number of hydrogen-bond acceptors (Lipinski definition) is 2. The number of likely N-dealkylation sites (N-methyl/N-ethyl adjacent to an activating group) is 1. The van der Waals surface area contributed by atoms with Crippen LogP contribution in [-0.4, -0.2) is 29.7 Å². The number of rotatable bonds is 5. The van der Waals surface area contributed by atoms with Crippen LogP contribution in [0, 0.1) is 0 Å². The van der Waals surface area contributed by atoms with Gasteiger partial charge in [-0.2, -0.15) is 0 Å². The number of aldehydes is 1. The summed E-state index contributed by atoms with van der Waals surface area (Å²) in [7, 11) is 0. The maximum absolute atomic E-state index is 11.2. The van der Waals surface area contributed by atoms with Gasteiger partial charge in [-0.3, -0.25) is 4.79 Å². The van der Waals surface area contributed by atoms with E-state index < -0.39 is 0 Å². The summed E-state index contributed by atoms with van der Waals surface area (Å²) in [5.41, 5.74) is 0. The van der Waals surface area contributed by atoms with Crippen molar-refractivity contribution in [2.45, 2.75) is 26.3 Å². The summed E-state index contributed by atoms with van der Waals surface area (Å²) in [4.78, 5) is 23.2. The van der Waals surface area contributed by atoms with Crippen LogP contribution in [0.25, 0.3) is 0 Å². The van der Waals surface area contributed by atoms with Crippen LogP contribution in [0.15, 0.2) is 12.7 Å². The first-order chi connectivity index (χ1) is 5.71. The first-order valence-electron chi connectivity index (χ1n) is 4.09. The Bertz CT molecular complexity index is 177. The van der Waals surface area contributed by atoms with Crippen molar-refractivity contribution in [1.82, 2.24) is 4.90 Å². The summed E-state index contributed by atoms with van der Waals surface area (Å²) >= 11 is 0. The molecule has 12 heavy (non-hydrogen) atoms. The van der Waals surface area contributed by atoms with Crippen molar-refractivity contribution in [3.8, 4) is 0 Å². The Labute approximate surface area is 73.1 Å². The van der Waals surface area contributed by atoms with Gasteiger partial charge in [0.15, 0.2) is 0 Å². The molecule has 0 aromatic carbocycles. The molecule has 0 fully saturated rings. The maximum atomic E-state index is 11.2. The predicted octanol–water partition coefficient (Wildman–Crippen LogP) is 0.998. The van der Waals surface area contributed by atoms with E-state index in [1.54, 1.807) is 0 Å². The Balaban J connectivity index is 4.39. The Kier molecular flexibility index (Phi) is 5.00. The number of nitrogens with zero attached hydrogens (tertiary/aromatic N) is 1. The fourth-order valence-corrected chi connectivity index (χ4v) is 1.06. The topological polar surface area (TPSA) is 37.4 Å². The Morgan fingerprint density at radius 1 is 1.58 bits per heavy atom. The van der Waals surface area contributed by atoms with Crippen LogP contribution < -0.4 is 0 Å². The molecule has 0 radical (unpaired) electrons. The van der Waals surface area contributed by atoms with Crippen LogP contribution >= 0.6 is 0 Å². The molecule has 0 saturated heterocycles. The zero-order valence-electron chi connectivity index (χ0n) is 7.62. The molecule has 0 rings (SSSR count). The minimum atomic E-state index is -0.305. The SMILES string of the molecule is C=CC(=O)N(CC)C(C=O)CC. The number of amides is 1. The molecule has 0 aliphatic rings. The van der Waals surface area contributed by atoms with Gasteiger partial charge >= 0.3 is 0 Å². The molecule has 0 aliphatic carbocycles. The lowest BCUT2D eigenvalue weighted by atomic mass is 10.2. The van der Waals surface area contributed by atoms with Crippen molar-refractivity contribution in [3.05, 3.63) is 12.7 Å². The molecule has 0 heterocycles. The third kappa shape index (κ3) is 2.49. The van der Waals surface area contributed by atoms with Crippen molar-refractivity contribution >= 4 is 12.2 Å². The Morgan fingerprint density at radius 3 is 2.42 bits per heavy atom. The van der Waals surface area contributed by atoms with Crippen molar-refractivity contribution in [2.24, 2.45) is 0 Å². The average molecular weight is 169 g/mol. The quantitative estimate of drug-likeness (QED) is 0.455. The van der Waals surface area contributed by atoms with Gasteiger partial charge in [0.2, 0.25) is 5.91 Å². The van der Waals surface area contributed by atoms with Gasteiger partial charge in [-0.15, -0.1) is 0 Å². The van der Waals surface area contributed by atoms with E-state index in [-0.39, 0.29) is 11.9 Å². The van der Waals surface area contributed by atoms with E-state index >= 15 is 0 Å². The molecule has 0 aromatic rings. The summed E-state index contributed by atoms with van der Waals surface area (Å²) in [6.07, 6.45) is 2.68. The highest BCUT2D eigenvalue weighted by Crippen LogP contribution is 2.01. The lowest BCUT2D eigenvalue weighted by molar-refractivity contribution is -0.131. The molecule has 0 saturated carbocycles. The number of hydrogen-bond donors (Lipinski definition) is 0. The minimum Gasteiger partial charge on any atom is -0.330 e. The molecule has 3 heteroatoms. The standard InChI is InChI=1S/C9H15NO2/c1-4-8(7-11)10(6-3)9(12)5-2/h5,7-8H,2,4,6H2,1,3H3. The molecule has 1 atom stereocenters. The van der Waals surface area contributed by atoms with Crippen molar-refractivity contribution in [2.75, 3.05) is 6.54 Å². The first-order valence-corrected chi connectivity index (χ1v) is 4.09. The van der Waals surface area contributed by atoms with Crippen LogP contribution in [0.4, 0.5) is 0 Å². The Morgan fingerprint density at radius 2 is 2.17 bits per heavy atom. The molecule has 1 amide bonds. The van der Waals surface area contributed by atoms with Gasteiger partial charge in [0, 0.05) is 6.54 Å². The summed E-state index contributed by atoms with van der Waals surface area (Å²) in [6.45, 7) is 7.63. The van der Waals surface area contributed by atoms with E-state index in [0.717, 1.165) is 6.29 Å². The summed E-state index contributed by atoms with van der Waals surface area (Å²) in [5, 5.41) is 0. The van der Waals surface area contributed by atoms with E-state index in [2.05, 4.69) is 6.58 Å². The molecule has 68 valence electrons. The monoisotopic (exact) mass is 169 g/mol. The Hall–Kier alpha value is -1.12. The third-order valence-electron chi connectivity index (χ3n) is 1.77. The molecular formula is C9H15NO2. The van der Waals surface area contributed by atoms with E-state index in [1.807, 2.05) is 13.8 Å². The van der Waals surface area contributed by atoms with Gasteiger partial charge in [0.25, 0.3) is 0 Å². The number of carbonyl (C=O) groups is 2. The minimum absolute atomic E-state index is 0.184. The van der Waals surface area contributed by atoms with E-state index in [4.69, 9.17) is 0 Å². The highest BCUT2D eigenvalue weighted by molar-refractivity contribution is 5.89. The third-order valence-corrected chi connectivity index (χ3v) is 1.77. The molecule has 0 N–H and O–H groups in total. The molecule has 0 aliphatic heterocycles. The van der Waals surface area contributed by atoms with Gasteiger partial charge in [-0.25, -0.2) is 0 Å². The lowest BCUT2D eigenvalue weighted by Gasteiger charge is -2.24. The smallest absolute Gasteiger partial charge is 0.246 e. The van der Waals surface area contributed by atoms with E-state index in [1.165, 1.54) is 11.0 Å². The summed E-state index contributed by atoms with van der Waals surface area (Å²) < 4.78 is 0. The van der Waals surface area contributed by atoms with Crippen molar-refractivity contribution in [1.29, 1.82) is 0 Å². The normalized spacial score (nSPS) is 11.8. The van der Waals surface area contributed by atoms with Crippen LogP contribution in [0.1, 0.15) is 20.3 Å². The number of carbonyl (C=O) groups excluding carboxylic acids is 2. The second-order valence-electron chi connectivity index (χ2n) is 2.44. The molecule has 3 nitrogen and oxygen atoms in total. The van der Waals surface area contributed by atoms with E-state index in [9.17, 15) is 9.59 Å². The fraction of sp³-hybridized carbons (Fsp3) is 0.556. The average Bonchev–Trinajstić information content (AvgIpc) is 2.12. The van der Waals surface area contributed by atoms with Crippen LogP contribution in [0.3, 0.4) is 0 Å². The highest BCUT2D eigenvalue weighted by atomic mass is 16.2. The van der Waals surface area contributed by atoms with Crippen molar-refractivity contribution in [3.63, 3.8) is 0 Å². The van der Waals surface area contributed by atoms with Gasteiger partial charge < -0.3 is 9.69 Å². The predicted molar refractivity (Wildman–Crippen MR) is 47.7 cm³/mol. The highest BCUT2D eigenvalue weighted by Gasteiger charge is 2.17. The van der Waals surface area contributed by atoms with Gasteiger partial charge in [-0.1, -0.05) is 13.5 Å². The largest absolute Gasteiger partial charge is 0.330 e. The first kappa shape index (κ1) is 10.9. The van der Waals surface area contributed by atoms with Gasteiger partial charge in [0.05, 0.1) is 6.04 Å². The fourth-order valence-electron chi connectivity index (χ4n) is 1.06. The van der Waals surface area contributed by atoms with Crippen molar-refractivity contribution < 1.29 is 9.59 Å². The van der Waals surface area contributed by atoms with Crippen LogP contribution in [0.5, 0.6) is 0 Å². The molecule has 0 aromatic heterocycles. The maximum Gasteiger partial charge on any atom is 0.246 e. The molecule has 1 unspecified atom stereocenters. The zero-order chi connectivity index (χ0) is 9.56.